The van der Waals surface area contributed by atoms with Crippen molar-refractivity contribution < 1.29 is 13.9 Å². The van der Waals surface area contributed by atoms with Crippen LogP contribution in [0.3, 0.4) is 0 Å². The molecule has 6 nitrogen and oxygen atoms in total. The quantitative estimate of drug-likeness (QED) is 0.839. The first-order valence-corrected chi connectivity index (χ1v) is 6.12. The summed E-state index contributed by atoms with van der Waals surface area (Å²) in [4.78, 5) is 1.89. The number of benzene rings is 1. The molecule has 0 fully saturated rings. The molecule has 3 rings (SSSR count). The van der Waals surface area contributed by atoms with Crippen molar-refractivity contribution in [2.24, 2.45) is 0 Å². The third-order valence-corrected chi connectivity index (χ3v) is 2.87. The average molecular weight is 261 g/mol. The van der Waals surface area contributed by atoms with Gasteiger partial charge in [-0.25, -0.2) is 0 Å². The average Bonchev–Trinajstić information content (AvgIpc) is 2.85. The van der Waals surface area contributed by atoms with E-state index >= 15 is 0 Å². The maximum Gasteiger partial charge on any atom is 0.318 e. The summed E-state index contributed by atoms with van der Waals surface area (Å²) in [5, 5.41) is 7.80. The molecule has 6 heteroatoms. The molecule has 19 heavy (non-hydrogen) atoms. The Bertz CT molecular complexity index is 582. The predicted molar refractivity (Wildman–Crippen MR) is 68.6 cm³/mol. The van der Waals surface area contributed by atoms with Gasteiger partial charge >= 0.3 is 6.01 Å². The number of ether oxygens (including phenoxy) is 2. The molecule has 0 atom stereocenters. The van der Waals surface area contributed by atoms with Gasteiger partial charge in [-0.15, -0.1) is 5.10 Å². The van der Waals surface area contributed by atoms with Crippen molar-refractivity contribution in [3.8, 4) is 11.5 Å². The molecular formula is C13H15N3O3. The smallest absolute Gasteiger partial charge is 0.318 e. The Balaban J connectivity index is 1.76. The highest BCUT2D eigenvalue weighted by Gasteiger charge is 2.14. The minimum Gasteiger partial charge on any atom is -0.486 e. The molecule has 1 aliphatic heterocycles. The third-order valence-electron chi connectivity index (χ3n) is 2.87. The molecule has 2 heterocycles. The Kier molecular flexibility index (Phi) is 2.98. The van der Waals surface area contributed by atoms with Gasteiger partial charge in [0.05, 0.1) is 0 Å². The zero-order valence-electron chi connectivity index (χ0n) is 10.9. The van der Waals surface area contributed by atoms with E-state index < -0.39 is 0 Å². The van der Waals surface area contributed by atoms with Crippen molar-refractivity contribution in [1.82, 2.24) is 10.2 Å². The summed E-state index contributed by atoms with van der Waals surface area (Å²) in [6, 6.07) is 6.42. The van der Waals surface area contributed by atoms with Gasteiger partial charge in [0, 0.05) is 20.5 Å². The summed E-state index contributed by atoms with van der Waals surface area (Å²) in [6.45, 7) is 3.63. The molecule has 0 radical (unpaired) electrons. The monoisotopic (exact) mass is 261 g/mol. The molecule has 1 aromatic carbocycles. The molecule has 0 saturated heterocycles. The zero-order chi connectivity index (χ0) is 13.2. The minimum atomic E-state index is 0.507. The summed E-state index contributed by atoms with van der Waals surface area (Å²) in [6.07, 6.45) is 0. The number of anilines is 1. The van der Waals surface area contributed by atoms with Crippen molar-refractivity contribution >= 4 is 6.01 Å². The van der Waals surface area contributed by atoms with E-state index in [2.05, 4.69) is 10.2 Å². The highest BCUT2D eigenvalue weighted by Crippen LogP contribution is 2.31. The van der Waals surface area contributed by atoms with Gasteiger partial charge in [0.1, 0.15) is 13.2 Å². The summed E-state index contributed by atoms with van der Waals surface area (Å²) in [5.41, 5.74) is 1.10. The van der Waals surface area contributed by atoms with Crippen LogP contribution >= 0.6 is 0 Å². The van der Waals surface area contributed by atoms with E-state index in [0.29, 0.717) is 31.7 Å². The van der Waals surface area contributed by atoms with E-state index in [0.717, 1.165) is 17.1 Å². The second-order valence-corrected chi connectivity index (χ2v) is 4.44. The van der Waals surface area contributed by atoms with Crippen molar-refractivity contribution in [3.05, 3.63) is 29.7 Å². The first-order valence-electron chi connectivity index (χ1n) is 6.12. The first-order chi connectivity index (χ1) is 9.22. The van der Waals surface area contributed by atoms with Gasteiger partial charge in [-0.3, -0.25) is 0 Å². The third kappa shape index (κ3) is 2.47. The summed E-state index contributed by atoms with van der Waals surface area (Å²) in [7, 11) is 1.91. The standard InChI is InChI=1S/C13H15N3O3/c1-9-14-15-13(19-9)16(2)8-10-3-4-11-12(7-10)18-6-5-17-11/h3-4,7H,5-6,8H2,1-2H3. The molecule has 1 aliphatic rings. The molecule has 0 aliphatic carbocycles. The molecular weight excluding hydrogens is 246 g/mol. The van der Waals surface area contributed by atoms with Gasteiger partial charge < -0.3 is 18.8 Å². The van der Waals surface area contributed by atoms with Crippen molar-refractivity contribution in [3.63, 3.8) is 0 Å². The number of hydrogen-bond donors (Lipinski definition) is 0. The fraction of sp³-hybridized carbons (Fsp3) is 0.385. The Morgan fingerprint density at radius 2 is 1.95 bits per heavy atom. The Labute approximate surface area is 110 Å². The SMILES string of the molecule is Cc1nnc(N(C)Cc2ccc3c(c2)OCCO3)o1. The number of aryl methyl sites for hydroxylation is 1. The van der Waals surface area contributed by atoms with Crippen LogP contribution in [-0.4, -0.2) is 30.5 Å². The number of aromatic nitrogens is 2. The molecule has 0 amide bonds. The molecule has 1 aromatic heterocycles. The number of nitrogens with zero attached hydrogens (tertiary/aromatic N) is 3. The van der Waals surface area contributed by atoms with E-state index in [1.165, 1.54) is 0 Å². The molecule has 0 unspecified atom stereocenters. The van der Waals surface area contributed by atoms with Crippen LogP contribution in [0, 0.1) is 6.92 Å². The molecule has 0 spiro atoms. The predicted octanol–water partition coefficient (Wildman–Crippen LogP) is 1.79. The minimum absolute atomic E-state index is 0.507. The van der Waals surface area contributed by atoms with Crippen LogP contribution in [0.2, 0.25) is 0 Å². The van der Waals surface area contributed by atoms with Crippen LogP contribution in [0.25, 0.3) is 0 Å². The normalized spacial score (nSPS) is 13.4. The molecule has 0 N–H and O–H groups in total. The lowest BCUT2D eigenvalue weighted by Gasteiger charge is -2.20. The summed E-state index contributed by atoms with van der Waals surface area (Å²) in [5.74, 6) is 2.15. The second kappa shape index (κ2) is 4.79. The van der Waals surface area contributed by atoms with Crippen LogP contribution in [0.15, 0.2) is 22.6 Å². The maximum absolute atomic E-state index is 5.56. The molecule has 0 saturated carbocycles. The van der Waals surface area contributed by atoms with E-state index in [1.54, 1.807) is 6.92 Å². The van der Waals surface area contributed by atoms with Gasteiger partial charge in [0.15, 0.2) is 11.5 Å². The Morgan fingerprint density at radius 3 is 2.68 bits per heavy atom. The van der Waals surface area contributed by atoms with Crippen molar-refractivity contribution in [2.45, 2.75) is 13.5 Å². The Hall–Kier alpha value is -2.24. The number of rotatable bonds is 3. The Morgan fingerprint density at radius 1 is 1.16 bits per heavy atom. The van der Waals surface area contributed by atoms with Crippen molar-refractivity contribution in [2.75, 3.05) is 25.2 Å². The van der Waals surface area contributed by atoms with Gasteiger partial charge in [-0.1, -0.05) is 11.2 Å². The fourth-order valence-electron chi connectivity index (χ4n) is 1.97. The van der Waals surface area contributed by atoms with Crippen LogP contribution in [0.1, 0.15) is 11.5 Å². The van der Waals surface area contributed by atoms with E-state index in [4.69, 9.17) is 13.9 Å². The second-order valence-electron chi connectivity index (χ2n) is 4.44. The van der Waals surface area contributed by atoms with Gasteiger partial charge in [0.25, 0.3) is 0 Å². The largest absolute Gasteiger partial charge is 0.486 e. The van der Waals surface area contributed by atoms with Crippen LogP contribution < -0.4 is 14.4 Å². The number of fused-ring (bicyclic) bond motifs is 1. The van der Waals surface area contributed by atoms with Crippen LogP contribution in [-0.2, 0) is 6.54 Å². The summed E-state index contributed by atoms with van der Waals surface area (Å²) < 4.78 is 16.4. The number of hydrogen-bond acceptors (Lipinski definition) is 6. The molecule has 100 valence electrons. The first kappa shape index (κ1) is 11.8. The lowest BCUT2D eigenvalue weighted by Crippen LogP contribution is -2.18. The highest BCUT2D eigenvalue weighted by molar-refractivity contribution is 5.44. The lowest BCUT2D eigenvalue weighted by molar-refractivity contribution is 0.171. The van der Waals surface area contributed by atoms with Crippen LogP contribution in [0.5, 0.6) is 11.5 Å². The topological polar surface area (TPSA) is 60.6 Å². The lowest BCUT2D eigenvalue weighted by atomic mass is 10.2. The van der Waals surface area contributed by atoms with Crippen molar-refractivity contribution in [1.29, 1.82) is 0 Å². The highest BCUT2D eigenvalue weighted by atomic mass is 16.6. The molecule has 2 aromatic rings. The van der Waals surface area contributed by atoms with E-state index in [9.17, 15) is 0 Å². The van der Waals surface area contributed by atoms with Gasteiger partial charge in [-0.2, -0.15) is 0 Å². The fourth-order valence-corrected chi connectivity index (χ4v) is 1.97. The van der Waals surface area contributed by atoms with E-state index in [1.807, 2.05) is 30.1 Å². The maximum atomic E-state index is 5.56. The van der Waals surface area contributed by atoms with Gasteiger partial charge in [0.2, 0.25) is 5.89 Å². The van der Waals surface area contributed by atoms with E-state index in [-0.39, 0.29) is 0 Å². The van der Waals surface area contributed by atoms with Gasteiger partial charge in [-0.05, 0) is 17.7 Å². The summed E-state index contributed by atoms with van der Waals surface area (Å²) >= 11 is 0. The molecule has 0 bridgehead atoms. The van der Waals surface area contributed by atoms with Crippen LogP contribution in [0.4, 0.5) is 6.01 Å². The zero-order valence-corrected chi connectivity index (χ0v) is 10.9.